The second-order valence-electron chi connectivity index (χ2n) is 5.98. The monoisotopic (exact) mass is 429 g/mol. The van der Waals surface area contributed by atoms with Crippen molar-refractivity contribution in [2.75, 3.05) is 11.9 Å². The zero-order chi connectivity index (χ0) is 21.0. The molecule has 0 atom stereocenters. The highest BCUT2D eigenvalue weighted by Crippen LogP contribution is 2.26. The Balaban J connectivity index is 1.64. The molecule has 3 rings (SSSR count). The van der Waals surface area contributed by atoms with Crippen molar-refractivity contribution >= 4 is 22.9 Å². The molecule has 12 heteroatoms. The maximum absolute atomic E-state index is 12.9. The van der Waals surface area contributed by atoms with Gasteiger partial charge in [-0.3, -0.25) is 9.89 Å². The highest BCUT2D eigenvalue weighted by Gasteiger charge is 2.40. The molecule has 0 aliphatic rings. The van der Waals surface area contributed by atoms with Crippen LogP contribution in [0.1, 0.15) is 20.9 Å². The van der Waals surface area contributed by atoms with Gasteiger partial charge < -0.3 is 10.1 Å². The smallest absolute Gasteiger partial charge is 0.330 e. The van der Waals surface area contributed by atoms with Crippen molar-refractivity contribution in [2.24, 2.45) is 0 Å². The first-order chi connectivity index (χ1) is 13.8. The number of alkyl halides is 4. The number of nitrogens with one attached hydrogen (secondary N) is 2. The lowest BCUT2D eigenvalue weighted by molar-refractivity contribution is -0.168. The van der Waals surface area contributed by atoms with Crippen LogP contribution in [0.15, 0.2) is 30.6 Å². The summed E-state index contributed by atoms with van der Waals surface area (Å²) in [5.74, 6) is -4.18. The Hall–Kier alpha value is -2.86. The van der Waals surface area contributed by atoms with Crippen molar-refractivity contribution in [1.29, 1.82) is 0 Å². The van der Waals surface area contributed by atoms with E-state index in [9.17, 15) is 22.4 Å². The minimum atomic E-state index is -4.21. The van der Waals surface area contributed by atoms with Crippen molar-refractivity contribution < 1.29 is 27.1 Å². The molecule has 0 spiro atoms. The van der Waals surface area contributed by atoms with Crippen molar-refractivity contribution in [3.8, 4) is 10.8 Å². The number of rotatable bonds is 8. The third kappa shape index (κ3) is 5.15. The molecule has 0 fully saturated rings. The van der Waals surface area contributed by atoms with Gasteiger partial charge in [-0.25, -0.2) is 18.7 Å². The zero-order valence-electron chi connectivity index (χ0n) is 15.0. The number of aromatic nitrogens is 4. The van der Waals surface area contributed by atoms with Crippen LogP contribution < -0.4 is 5.32 Å². The Morgan fingerprint density at radius 1 is 1.38 bits per heavy atom. The lowest BCUT2D eigenvalue weighted by atomic mass is 10.2. The van der Waals surface area contributed by atoms with Gasteiger partial charge in [0, 0.05) is 5.69 Å². The maximum Gasteiger partial charge on any atom is 0.330 e. The average molecular weight is 429 g/mol. The Labute approximate surface area is 166 Å². The van der Waals surface area contributed by atoms with Crippen LogP contribution in [0, 0.1) is 6.92 Å². The number of hydrogen-bond donors (Lipinski definition) is 2. The van der Waals surface area contributed by atoms with Crippen LogP contribution in [0.2, 0.25) is 0 Å². The third-order valence-electron chi connectivity index (χ3n) is 3.69. The van der Waals surface area contributed by atoms with E-state index in [0.717, 1.165) is 11.3 Å². The Morgan fingerprint density at radius 2 is 2.17 bits per heavy atom. The van der Waals surface area contributed by atoms with E-state index in [1.54, 1.807) is 25.1 Å². The van der Waals surface area contributed by atoms with E-state index >= 15 is 0 Å². The summed E-state index contributed by atoms with van der Waals surface area (Å²) in [6.07, 6.45) is -2.46. The molecule has 2 N–H and O–H groups in total. The van der Waals surface area contributed by atoms with Crippen LogP contribution in [0.3, 0.4) is 0 Å². The molecule has 2 heterocycles. The summed E-state index contributed by atoms with van der Waals surface area (Å²) in [4.78, 5) is 21.2. The van der Waals surface area contributed by atoms with Gasteiger partial charge in [-0.05, 0) is 24.6 Å². The van der Waals surface area contributed by atoms with Gasteiger partial charge in [0.05, 0.1) is 12.3 Å². The van der Waals surface area contributed by atoms with Crippen LogP contribution in [0.5, 0.6) is 0 Å². The Kier molecular flexibility index (Phi) is 6.23. The molecule has 0 radical (unpaired) electrons. The second-order valence-corrected chi connectivity index (χ2v) is 6.98. The number of anilines is 1. The molecule has 0 saturated heterocycles. The van der Waals surface area contributed by atoms with Gasteiger partial charge in [0.1, 0.15) is 17.8 Å². The summed E-state index contributed by atoms with van der Waals surface area (Å²) >= 11 is 1.13. The number of H-pyrrole nitrogens is 1. The summed E-state index contributed by atoms with van der Waals surface area (Å²) in [5.41, 5.74) is 1.34. The molecule has 0 bridgehead atoms. The molecule has 0 saturated carbocycles. The number of halogens is 4. The Morgan fingerprint density at radius 3 is 2.86 bits per heavy atom. The van der Waals surface area contributed by atoms with Gasteiger partial charge in [0.25, 0.3) is 5.91 Å². The third-order valence-corrected chi connectivity index (χ3v) is 4.85. The van der Waals surface area contributed by atoms with Crippen molar-refractivity contribution in [1.82, 2.24) is 20.2 Å². The first-order valence-corrected chi connectivity index (χ1v) is 9.05. The topological polar surface area (TPSA) is 92.8 Å². The number of amides is 1. The predicted molar refractivity (Wildman–Crippen MR) is 97.2 cm³/mol. The fourth-order valence-electron chi connectivity index (χ4n) is 2.31. The first kappa shape index (κ1) is 20.9. The normalized spacial score (nSPS) is 11.8. The summed E-state index contributed by atoms with van der Waals surface area (Å²) in [6.45, 7) is -0.0221. The molecule has 3 aromatic rings. The highest BCUT2D eigenvalue weighted by atomic mass is 32.1. The highest BCUT2D eigenvalue weighted by molar-refractivity contribution is 7.17. The fourth-order valence-corrected chi connectivity index (χ4v) is 3.22. The van der Waals surface area contributed by atoms with Gasteiger partial charge in [0.15, 0.2) is 10.8 Å². The minimum absolute atomic E-state index is 0.304. The van der Waals surface area contributed by atoms with Crippen molar-refractivity contribution in [2.45, 2.75) is 25.9 Å². The van der Waals surface area contributed by atoms with Gasteiger partial charge in [-0.1, -0.05) is 12.1 Å². The number of carbonyl (C=O) groups is 1. The molecule has 2 aromatic heterocycles. The number of nitrogens with zero attached hydrogens (tertiary/aromatic N) is 3. The quantitative estimate of drug-likeness (QED) is 0.530. The second kappa shape index (κ2) is 8.66. The number of aryl methyl sites for hydroxylation is 1. The number of thiazole rings is 1. The summed E-state index contributed by atoms with van der Waals surface area (Å²) in [5, 5.41) is 9.60. The number of carbonyl (C=O) groups excluding carboxylic acids is 1. The van der Waals surface area contributed by atoms with Crippen molar-refractivity contribution in [3.05, 3.63) is 46.7 Å². The van der Waals surface area contributed by atoms with Crippen LogP contribution in [-0.4, -0.2) is 45.0 Å². The van der Waals surface area contributed by atoms with Crippen molar-refractivity contribution in [3.63, 3.8) is 0 Å². The predicted octanol–water partition coefficient (Wildman–Crippen LogP) is 3.91. The molecule has 0 unspecified atom stereocenters. The number of aromatic amines is 1. The largest absolute Gasteiger partial charge is 0.370 e. The summed E-state index contributed by atoms with van der Waals surface area (Å²) in [7, 11) is 0. The Bertz CT molecular complexity index is 978. The van der Waals surface area contributed by atoms with Crippen LogP contribution in [0.25, 0.3) is 10.8 Å². The van der Waals surface area contributed by atoms with Gasteiger partial charge >= 0.3 is 12.3 Å². The fraction of sp³-hybridized carbons (Fsp3) is 0.294. The summed E-state index contributed by atoms with van der Waals surface area (Å²) in [6, 6.07) is 6.25. The zero-order valence-corrected chi connectivity index (χ0v) is 15.8. The van der Waals surface area contributed by atoms with Crippen LogP contribution >= 0.6 is 11.3 Å². The van der Waals surface area contributed by atoms with Gasteiger partial charge in [-0.15, -0.1) is 11.3 Å². The van der Waals surface area contributed by atoms with E-state index in [0.29, 0.717) is 32.7 Å². The van der Waals surface area contributed by atoms with E-state index < -0.39 is 24.9 Å². The number of ether oxygens (including phenoxy) is 1. The SMILES string of the molecule is Cc1nc(-c2ncn[nH]2)sc1C(=O)Nc1cccc(COCC(F)(F)C(F)F)c1. The number of benzene rings is 1. The lowest BCUT2D eigenvalue weighted by Crippen LogP contribution is -2.32. The molecule has 0 aliphatic heterocycles. The minimum Gasteiger partial charge on any atom is -0.370 e. The molecule has 7 nitrogen and oxygen atoms in total. The molecule has 1 amide bonds. The standard InChI is InChI=1S/C17H15F4N5O2S/c1-9-12(29-15(24-9)13-22-8-23-26-13)14(27)25-11-4-2-3-10(5-11)6-28-7-17(20,21)16(18)19/h2-5,8,16H,6-7H2,1H3,(H,25,27)(H,22,23,26). The lowest BCUT2D eigenvalue weighted by Gasteiger charge is -2.15. The molecule has 0 aliphatic carbocycles. The van der Waals surface area contributed by atoms with Crippen LogP contribution in [-0.2, 0) is 11.3 Å². The molecular weight excluding hydrogens is 414 g/mol. The van der Waals surface area contributed by atoms with E-state index in [-0.39, 0.29) is 6.61 Å². The first-order valence-electron chi connectivity index (χ1n) is 8.23. The molecule has 154 valence electrons. The molecular formula is C17H15F4N5O2S. The molecule has 29 heavy (non-hydrogen) atoms. The van der Waals surface area contributed by atoms with E-state index in [1.807, 2.05) is 0 Å². The summed E-state index contributed by atoms with van der Waals surface area (Å²) < 4.78 is 54.7. The van der Waals surface area contributed by atoms with E-state index in [1.165, 1.54) is 12.4 Å². The number of hydrogen-bond acceptors (Lipinski definition) is 6. The van der Waals surface area contributed by atoms with E-state index in [4.69, 9.17) is 0 Å². The average Bonchev–Trinajstić information content (AvgIpc) is 3.31. The van der Waals surface area contributed by atoms with E-state index in [2.05, 4.69) is 30.2 Å². The van der Waals surface area contributed by atoms with Gasteiger partial charge in [-0.2, -0.15) is 13.9 Å². The van der Waals surface area contributed by atoms with Gasteiger partial charge in [0.2, 0.25) is 0 Å². The maximum atomic E-state index is 12.9. The van der Waals surface area contributed by atoms with Crippen LogP contribution in [0.4, 0.5) is 23.2 Å². The molecule has 1 aromatic carbocycles.